The first kappa shape index (κ1) is 22.8. The van der Waals surface area contributed by atoms with Gasteiger partial charge in [0.1, 0.15) is 5.75 Å². The Labute approximate surface area is 192 Å². The molecule has 2 saturated heterocycles. The van der Waals surface area contributed by atoms with Crippen LogP contribution in [0.15, 0.2) is 48.5 Å². The summed E-state index contributed by atoms with van der Waals surface area (Å²) in [6, 6.07) is 17.2. The quantitative estimate of drug-likeness (QED) is 0.670. The van der Waals surface area contributed by atoms with Crippen molar-refractivity contribution in [1.82, 2.24) is 10.2 Å². The molecule has 2 aromatic carbocycles. The van der Waals surface area contributed by atoms with Gasteiger partial charge in [-0.15, -0.1) is 0 Å². The third kappa shape index (κ3) is 5.16. The Kier molecular flexibility index (Phi) is 7.48. The van der Waals surface area contributed by atoms with Gasteiger partial charge < -0.3 is 19.7 Å². The van der Waals surface area contributed by atoms with Crippen molar-refractivity contribution < 1.29 is 14.3 Å². The Morgan fingerprint density at radius 2 is 2.00 bits per heavy atom. The van der Waals surface area contributed by atoms with Gasteiger partial charge in [0.2, 0.25) is 5.91 Å². The number of hydrogen-bond acceptors (Lipinski definition) is 4. The number of para-hydroxylation sites is 1. The number of ether oxygens (including phenoxy) is 2. The van der Waals surface area contributed by atoms with Gasteiger partial charge in [0, 0.05) is 31.4 Å². The Balaban J connectivity index is 1.48. The maximum Gasteiger partial charge on any atom is 0.226 e. The minimum Gasteiger partial charge on any atom is -0.496 e. The molecule has 0 saturated carbocycles. The third-order valence-electron chi connectivity index (χ3n) is 7.25. The van der Waals surface area contributed by atoms with E-state index in [1.165, 1.54) is 24.9 Å². The van der Waals surface area contributed by atoms with E-state index in [4.69, 9.17) is 9.47 Å². The molecule has 0 aliphatic carbocycles. The van der Waals surface area contributed by atoms with E-state index >= 15 is 0 Å². The van der Waals surface area contributed by atoms with Crippen molar-refractivity contribution in [2.45, 2.75) is 44.6 Å². The predicted octanol–water partition coefficient (Wildman–Crippen LogP) is 4.30. The van der Waals surface area contributed by atoms with Crippen molar-refractivity contribution in [3.8, 4) is 16.9 Å². The summed E-state index contributed by atoms with van der Waals surface area (Å²) in [5.74, 6) is 1.05. The van der Waals surface area contributed by atoms with E-state index in [9.17, 15) is 4.79 Å². The fraction of sp³-hybridized carbons (Fsp3) is 0.519. The van der Waals surface area contributed by atoms with E-state index in [0.717, 1.165) is 49.1 Å². The number of carbonyl (C=O) groups is 1. The van der Waals surface area contributed by atoms with Crippen LogP contribution < -0.4 is 10.1 Å². The molecule has 4 rings (SSSR count). The van der Waals surface area contributed by atoms with Crippen molar-refractivity contribution in [1.29, 1.82) is 0 Å². The number of methoxy groups -OCH3 is 1. The monoisotopic (exact) mass is 436 g/mol. The zero-order chi connectivity index (χ0) is 22.4. The standard InChI is InChI=1S/C27H36N2O3/c1-29-16-6-9-23(29)12-15-28-26(30)27(13-17-32-18-14-27)20-21-7-5-8-22(19-21)24-10-3-4-11-25(24)31-2/h3-5,7-8,10-11,19,23H,6,9,12-18,20H2,1-2H3,(H,28,30). The Morgan fingerprint density at radius 3 is 2.75 bits per heavy atom. The molecule has 5 nitrogen and oxygen atoms in total. The fourth-order valence-electron chi connectivity index (χ4n) is 5.25. The van der Waals surface area contributed by atoms with E-state index in [0.29, 0.717) is 19.3 Å². The molecule has 0 bridgehead atoms. The average Bonchev–Trinajstić information content (AvgIpc) is 3.24. The lowest BCUT2D eigenvalue weighted by Crippen LogP contribution is -2.47. The zero-order valence-electron chi connectivity index (χ0n) is 19.4. The summed E-state index contributed by atoms with van der Waals surface area (Å²) >= 11 is 0. The molecule has 2 aromatic rings. The normalized spacial score (nSPS) is 20.8. The second kappa shape index (κ2) is 10.5. The van der Waals surface area contributed by atoms with E-state index in [-0.39, 0.29) is 5.91 Å². The second-order valence-corrected chi connectivity index (χ2v) is 9.29. The van der Waals surface area contributed by atoms with Crippen LogP contribution in [0.3, 0.4) is 0 Å². The molecular weight excluding hydrogens is 400 g/mol. The number of benzene rings is 2. The predicted molar refractivity (Wildman–Crippen MR) is 128 cm³/mol. The smallest absolute Gasteiger partial charge is 0.226 e. The number of nitrogens with zero attached hydrogens (tertiary/aromatic N) is 1. The van der Waals surface area contributed by atoms with Gasteiger partial charge in [0.05, 0.1) is 12.5 Å². The van der Waals surface area contributed by atoms with Gasteiger partial charge in [0.15, 0.2) is 0 Å². The molecule has 1 N–H and O–H groups in total. The van der Waals surface area contributed by atoms with Crippen LogP contribution in [0.1, 0.15) is 37.7 Å². The van der Waals surface area contributed by atoms with Crippen LogP contribution in [-0.2, 0) is 16.0 Å². The van der Waals surface area contributed by atoms with Crippen molar-refractivity contribution in [2.75, 3.05) is 40.5 Å². The van der Waals surface area contributed by atoms with Crippen LogP contribution in [0, 0.1) is 5.41 Å². The minimum atomic E-state index is -0.404. The van der Waals surface area contributed by atoms with Crippen LogP contribution >= 0.6 is 0 Å². The molecule has 0 aromatic heterocycles. The van der Waals surface area contributed by atoms with Gasteiger partial charge in [-0.2, -0.15) is 0 Å². The molecule has 2 aliphatic rings. The highest BCUT2D eigenvalue weighted by molar-refractivity contribution is 5.83. The second-order valence-electron chi connectivity index (χ2n) is 9.29. The third-order valence-corrected chi connectivity index (χ3v) is 7.25. The number of nitrogens with one attached hydrogen (secondary N) is 1. The van der Waals surface area contributed by atoms with Crippen LogP contribution in [0.4, 0.5) is 0 Å². The number of rotatable bonds is 8. The summed E-state index contributed by atoms with van der Waals surface area (Å²) in [7, 11) is 3.89. The Morgan fingerprint density at radius 1 is 1.19 bits per heavy atom. The summed E-state index contributed by atoms with van der Waals surface area (Å²) in [6.45, 7) is 3.20. The Bertz CT molecular complexity index is 907. The van der Waals surface area contributed by atoms with Crippen LogP contribution in [0.2, 0.25) is 0 Å². The molecule has 0 radical (unpaired) electrons. The molecule has 172 valence electrons. The first-order valence-electron chi connectivity index (χ1n) is 11.9. The number of hydrogen-bond donors (Lipinski definition) is 1. The van der Waals surface area contributed by atoms with Crippen molar-refractivity contribution in [3.63, 3.8) is 0 Å². The summed E-state index contributed by atoms with van der Waals surface area (Å²) in [4.78, 5) is 15.9. The highest BCUT2D eigenvalue weighted by atomic mass is 16.5. The first-order valence-corrected chi connectivity index (χ1v) is 11.9. The lowest BCUT2D eigenvalue weighted by Gasteiger charge is -2.36. The van der Waals surface area contributed by atoms with Gasteiger partial charge >= 0.3 is 0 Å². The van der Waals surface area contributed by atoms with E-state index < -0.39 is 5.41 Å². The minimum absolute atomic E-state index is 0.184. The maximum atomic E-state index is 13.4. The highest BCUT2D eigenvalue weighted by Gasteiger charge is 2.40. The molecule has 2 heterocycles. The van der Waals surface area contributed by atoms with Gasteiger partial charge in [-0.1, -0.05) is 42.5 Å². The molecule has 5 heteroatoms. The topological polar surface area (TPSA) is 50.8 Å². The summed E-state index contributed by atoms with van der Waals surface area (Å²) in [5.41, 5.74) is 2.97. The van der Waals surface area contributed by atoms with Gasteiger partial charge in [0.25, 0.3) is 0 Å². The van der Waals surface area contributed by atoms with Crippen LogP contribution in [0.5, 0.6) is 5.75 Å². The highest BCUT2D eigenvalue weighted by Crippen LogP contribution is 2.37. The first-order chi connectivity index (χ1) is 15.6. The van der Waals surface area contributed by atoms with E-state index in [1.54, 1.807) is 7.11 Å². The van der Waals surface area contributed by atoms with Crippen molar-refractivity contribution in [2.24, 2.45) is 5.41 Å². The van der Waals surface area contributed by atoms with Crippen molar-refractivity contribution in [3.05, 3.63) is 54.1 Å². The largest absolute Gasteiger partial charge is 0.496 e. The maximum absolute atomic E-state index is 13.4. The molecule has 2 fully saturated rings. The zero-order valence-corrected chi connectivity index (χ0v) is 19.4. The van der Waals surface area contributed by atoms with Crippen LogP contribution in [0.25, 0.3) is 11.1 Å². The van der Waals surface area contributed by atoms with E-state index in [1.807, 2.05) is 18.2 Å². The van der Waals surface area contributed by atoms with Crippen LogP contribution in [-0.4, -0.2) is 57.3 Å². The Hall–Kier alpha value is -2.37. The molecule has 2 aliphatic heterocycles. The number of carbonyl (C=O) groups excluding carboxylic acids is 1. The summed E-state index contributed by atoms with van der Waals surface area (Å²) < 4.78 is 11.2. The molecule has 1 amide bonds. The summed E-state index contributed by atoms with van der Waals surface area (Å²) in [5, 5.41) is 3.28. The van der Waals surface area contributed by atoms with Gasteiger partial charge in [-0.05, 0) is 69.3 Å². The van der Waals surface area contributed by atoms with Crippen molar-refractivity contribution >= 4 is 5.91 Å². The fourth-order valence-corrected chi connectivity index (χ4v) is 5.25. The summed E-state index contributed by atoms with van der Waals surface area (Å²) in [6.07, 6.45) is 5.79. The van der Waals surface area contributed by atoms with Gasteiger partial charge in [-0.25, -0.2) is 0 Å². The lowest BCUT2D eigenvalue weighted by molar-refractivity contribution is -0.136. The molecule has 1 unspecified atom stereocenters. The molecule has 1 atom stereocenters. The molecular formula is C27H36N2O3. The number of likely N-dealkylation sites (tertiary alicyclic amines) is 1. The molecule has 0 spiro atoms. The molecule has 32 heavy (non-hydrogen) atoms. The van der Waals surface area contributed by atoms with Gasteiger partial charge in [-0.3, -0.25) is 4.79 Å². The van der Waals surface area contributed by atoms with E-state index in [2.05, 4.69) is 47.6 Å². The SMILES string of the molecule is COc1ccccc1-c1cccc(CC2(C(=O)NCCC3CCCN3C)CCOCC2)c1. The number of amides is 1. The average molecular weight is 437 g/mol. The lowest BCUT2D eigenvalue weighted by atomic mass is 9.74.